The fraction of sp³-hybridized carbons (Fsp3) is 0.500. The van der Waals surface area contributed by atoms with Gasteiger partial charge in [-0.05, 0) is 36.6 Å². The summed E-state index contributed by atoms with van der Waals surface area (Å²) in [4.78, 5) is 11.5. The van der Waals surface area contributed by atoms with Crippen LogP contribution >= 0.6 is 0 Å². The highest BCUT2D eigenvalue weighted by Crippen LogP contribution is 2.16. The summed E-state index contributed by atoms with van der Waals surface area (Å²) in [7, 11) is 0. The summed E-state index contributed by atoms with van der Waals surface area (Å²) in [6.45, 7) is 7.49. The summed E-state index contributed by atoms with van der Waals surface area (Å²) in [6, 6.07) is 5.78. The molecule has 0 spiro atoms. The monoisotopic (exact) mass is 249 g/mol. The van der Waals surface area contributed by atoms with Gasteiger partial charge >= 0.3 is 0 Å². The number of amides is 1. The molecule has 0 fully saturated rings. The van der Waals surface area contributed by atoms with Crippen molar-refractivity contribution >= 4 is 17.3 Å². The van der Waals surface area contributed by atoms with Crippen molar-refractivity contribution in [3.8, 4) is 0 Å². The second kappa shape index (κ2) is 6.89. The van der Waals surface area contributed by atoms with Crippen molar-refractivity contribution in [3.05, 3.63) is 23.8 Å². The summed E-state index contributed by atoms with van der Waals surface area (Å²) in [5.74, 6) is 0.574. The summed E-state index contributed by atoms with van der Waals surface area (Å²) < 4.78 is 0. The lowest BCUT2D eigenvalue weighted by molar-refractivity contribution is -0.120. The van der Waals surface area contributed by atoms with Gasteiger partial charge in [0.15, 0.2) is 0 Å². The van der Waals surface area contributed by atoms with Crippen LogP contribution < -0.4 is 16.4 Å². The average molecular weight is 249 g/mol. The van der Waals surface area contributed by atoms with E-state index in [1.54, 1.807) is 0 Å². The maximum absolute atomic E-state index is 11.5. The van der Waals surface area contributed by atoms with E-state index in [0.717, 1.165) is 23.5 Å². The number of anilines is 2. The Morgan fingerprint density at radius 1 is 1.39 bits per heavy atom. The van der Waals surface area contributed by atoms with Gasteiger partial charge in [0.2, 0.25) is 5.91 Å². The van der Waals surface area contributed by atoms with Crippen LogP contribution in [0.5, 0.6) is 0 Å². The maximum Gasteiger partial charge on any atom is 0.221 e. The topological polar surface area (TPSA) is 67.2 Å². The zero-order valence-corrected chi connectivity index (χ0v) is 11.4. The van der Waals surface area contributed by atoms with Crippen molar-refractivity contribution in [2.45, 2.75) is 27.2 Å². The SMILES string of the molecule is Cc1cc(NCCC(=O)NCC(C)C)ccc1N. The average Bonchev–Trinajstić information content (AvgIpc) is 2.31. The highest BCUT2D eigenvalue weighted by molar-refractivity contribution is 5.76. The molecule has 0 radical (unpaired) electrons. The Kier molecular flexibility index (Phi) is 5.49. The van der Waals surface area contributed by atoms with E-state index in [-0.39, 0.29) is 5.91 Å². The Morgan fingerprint density at radius 2 is 2.11 bits per heavy atom. The summed E-state index contributed by atoms with van der Waals surface area (Å²) in [5, 5.41) is 6.10. The van der Waals surface area contributed by atoms with Crippen molar-refractivity contribution in [1.29, 1.82) is 0 Å². The molecule has 4 heteroatoms. The molecule has 1 amide bonds. The number of hydrogen-bond acceptors (Lipinski definition) is 3. The molecule has 0 aliphatic carbocycles. The highest BCUT2D eigenvalue weighted by Gasteiger charge is 2.02. The van der Waals surface area contributed by atoms with E-state index >= 15 is 0 Å². The molecule has 0 saturated heterocycles. The number of carbonyl (C=O) groups is 1. The summed E-state index contributed by atoms with van der Waals surface area (Å²) >= 11 is 0. The van der Waals surface area contributed by atoms with Gasteiger partial charge in [0.25, 0.3) is 0 Å². The largest absolute Gasteiger partial charge is 0.399 e. The van der Waals surface area contributed by atoms with E-state index in [2.05, 4.69) is 24.5 Å². The lowest BCUT2D eigenvalue weighted by atomic mass is 10.2. The van der Waals surface area contributed by atoms with E-state index in [9.17, 15) is 4.79 Å². The highest BCUT2D eigenvalue weighted by atomic mass is 16.1. The van der Waals surface area contributed by atoms with Gasteiger partial charge in [0.1, 0.15) is 0 Å². The fourth-order valence-corrected chi connectivity index (χ4v) is 1.51. The second-order valence-electron chi connectivity index (χ2n) is 4.95. The van der Waals surface area contributed by atoms with Gasteiger partial charge in [-0.15, -0.1) is 0 Å². The molecule has 1 aromatic carbocycles. The molecule has 18 heavy (non-hydrogen) atoms. The zero-order valence-electron chi connectivity index (χ0n) is 11.4. The number of nitrogens with two attached hydrogens (primary N) is 1. The fourth-order valence-electron chi connectivity index (χ4n) is 1.51. The van der Waals surface area contributed by atoms with Crippen molar-refractivity contribution in [2.75, 3.05) is 24.1 Å². The van der Waals surface area contributed by atoms with Crippen molar-refractivity contribution in [3.63, 3.8) is 0 Å². The molecular weight excluding hydrogens is 226 g/mol. The van der Waals surface area contributed by atoms with Crippen LogP contribution in [0.2, 0.25) is 0 Å². The van der Waals surface area contributed by atoms with Crippen molar-refractivity contribution in [2.24, 2.45) is 5.92 Å². The van der Waals surface area contributed by atoms with Gasteiger partial charge in [0.05, 0.1) is 0 Å². The van der Waals surface area contributed by atoms with Gasteiger partial charge in [-0.3, -0.25) is 4.79 Å². The normalized spacial score (nSPS) is 10.4. The number of hydrogen-bond donors (Lipinski definition) is 3. The smallest absolute Gasteiger partial charge is 0.221 e. The standard InChI is InChI=1S/C14H23N3O/c1-10(2)9-17-14(18)6-7-16-12-4-5-13(15)11(3)8-12/h4-5,8,10,16H,6-7,9,15H2,1-3H3,(H,17,18). The first-order valence-corrected chi connectivity index (χ1v) is 6.35. The van der Waals surface area contributed by atoms with Gasteiger partial charge in [-0.25, -0.2) is 0 Å². The van der Waals surface area contributed by atoms with Crippen LogP contribution in [0.3, 0.4) is 0 Å². The zero-order chi connectivity index (χ0) is 13.5. The van der Waals surface area contributed by atoms with Crippen LogP contribution in [0.4, 0.5) is 11.4 Å². The Morgan fingerprint density at radius 3 is 2.72 bits per heavy atom. The minimum absolute atomic E-state index is 0.0865. The summed E-state index contributed by atoms with van der Waals surface area (Å²) in [6.07, 6.45) is 0.482. The molecule has 4 N–H and O–H groups in total. The van der Waals surface area contributed by atoms with Crippen molar-refractivity contribution in [1.82, 2.24) is 5.32 Å². The molecule has 0 aliphatic rings. The minimum Gasteiger partial charge on any atom is -0.399 e. The van der Waals surface area contributed by atoms with Crippen LogP contribution in [0.25, 0.3) is 0 Å². The predicted octanol–water partition coefficient (Wildman–Crippen LogP) is 2.15. The molecule has 0 bridgehead atoms. The number of nitrogen functional groups attached to an aromatic ring is 1. The number of carbonyl (C=O) groups excluding carboxylic acids is 1. The quantitative estimate of drug-likeness (QED) is 0.677. The first-order chi connectivity index (χ1) is 8.49. The third kappa shape index (κ3) is 5.08. The molecule has 100 valence electrons. The van der Waals surface area contributed by atoms with Crippen molar-refractivity contribution < 1.29 is 4.79 Å². The Bertz CT molecular complexity index is 402. The third-order valence-corrected chi connectivity index (χ3v) is 2.66. The molecule has 0 aliphatic heterocycles. The van der Waals surface area contributed by atoms with Crippen LogP contribution in [-0.2, 0) is 4.79 Å². The van der Waals surface area contributed by atoms with Gasteiger partial charge in [0, 0.05) is 30.9 Å². The number of aryl methyl sites for hydroxylation is 1. The maximum atomic E-state index is 11.5. The van der Waals surface area contributed by atoms with Crippen LogP contribution in [0, 0.1) is 12.8 Å². The molecule has 4 nitrogen and oxygen atoms in total. The van der Waals surface area contributed by atoms with Crippen LogP contribution in [0.1, 0.15) is 25.8 Å². The van der Waals surface area contributed by atoms with E-state index in [1.165, 1.54) is 0 Å². The molecule has 0 aromatic heterocycles. The second-order valence-corrected chi connectivity index (χ2v) is 4.95. The molecule has 0 unspecified atom stereocenters. The molecular formula is C14H23N3O. The van der Waals surface area contributed by atoms with Gasteiger partial charge in [-0.2, -0.15) is 0 Å². The lowest BCUT2D eigenvalue weighted by Crippen LogP contribution is -2.28. The molecule has 1 aromatic rings. The third-order valence-electron chi connectivity index (χ3n) is 2.66. The summed E-state index contributed by atoms with van der Waals surface area (Å²) in [5.41, 5.74) is 8.57. The molecule has 0 atom stereocenters. The first kappa shape index (κ1) is 14.4. The van der Waals surface area contributed by atoms with E-state index in [0.29, 0.717) is 18.9 Å². The number of nitrogens with one attached hydrogen (secondary N) is 2. The molecule has 0 saturated carbocycles. The van der Waals surface area contributed by atoms with E-state index < -0.39 is 0 Å². The molecule has 0 heterocycles. The van der Waals surface area contributed by atoms with Crippen LogP contribution in [-0.4, -0.2) is 19.0 Å². The lowest BCUT2D eigenvalue weighted by Gasteiger charge is -2.10. The first-order valence-electron chi connectivity index (χ1n) is 6.35. The van der Waals surface area contributed by atoms with Gasteiger partial charge in [-0.1, -0.05) is 13.8 Å². The Labute approximate surface area is 109 Å². The Hall–Kier alpha value is -1.71. The van der Waals surface area contributed by atoms with E-state index in [4.69, 9.17) is 5.73 Å². The predicted molar refractivity (Wildman–Crippen MR) is 76.5 cm³/mol. The minimum atomic E-state index is 0.0865. The molecule has 1 rings (SSSR count). The van der Waals surface area contributed by atoms with Gasteiger partial charge < -0.3 is 16.4 Å². The van der Waals surface area contributed by atoms with Crippen LogP contribution in [0.15, 0.2) is 18.2 Å². The van der Waals surface area contributed by atoms with E-state index in [1.807, 2.05) is 25.1 Å². The number of rotatable bonds is 6. The Balaban J connectivity index is 2.28. The number of benzene rings is 1.